The van der Waals surface area contributed by atoms with Crippen LogP contribution in [0.3, 0.4) is 0 Å². The summed E-state index contributed by atoms with van der Waals surface area (Å²) in [6.45, 7) is 8.84. The molecule has 0 spiro atoms. The molecule has 0 aliphatic rings. The first-order chi connectivity index (χ1) is 9.10. The second-order valence-corrected chi connectivity index (χ2v) is 4.50. The van der Waals surface area contributed by atoms with Gasteiger partial charge >= 0.3 is 0 Å². The van der Waals surface area contributed by atoms with Crippen molar-refractivity contribution >= 4 is 5.95 Å². The Morgan fingerprint density at radius 1 is 1.16 bits per heavy atom. The number of hydrogen-bond acceptors (Lipinski definition) is 4. The van der Waals surface area contributed by atoms with Crippen LogP contribution >= 0.6 is 0 Å². The fourth-order valence-corrected chi connectivity index (χ4v) is 1.78. The molecule has 1 aromatic heterocycles. The zero-order valence-electron chi connectivity index (χ0n) is 11.8. The highest BCUT2D eigenvalue weighted by molar-refractivity contribution is 5.41. The summed E-state index contributed by atoms with van der Waals surface area (Å²) in [5.41, 5.74) is 3.21. The van der Waals surface area contributed by atoms with E-state index in [0.717, 1.165) is 23.6 Å². The number of aryl methyl sites for hydroxylation is 2. The molecule has 0 fully saturated rings. The fraction of sp³-hybridized carbons (Fsp3) is 0.333. The molecule has 1 heterocycles. The van der Waals surface area contributed by atoms with Crippen LogP contribution in [0.25, 0.3) is 0 Å². The van der Waals surface area contributed by atoms with Crippen molar-refractivity contribution in [2.24, 2.45) is 0 Å². The van der Waals surface area contributed by atoms with Gasteiger partial charge in [0.15, 0.2) is 0 Å². The summed E-state index contributed by atoms with van der Waals surface area (Å²) in [5, 5.41) is 3.10. The molecule has 2 aromatic rings. The Morgan fingerprint density at radius 3 is 2.68 bits per heavy atom. The molecule has 0 saturated heterocycles. The lowest BCUT2D eigenvalue weighted by Crippen LogP contribution is -2.04. The van der Waals surface area contributed by atoms with Gasteiger partial charge in [0.1, 0.15) is 5.75 Å². The van der Waals surface area contributed by atoms with E-state index in [1.165, 1.54) is 5.56 Å². The van der Waals surface area contributed by atoms with Crippen molar-refractivity contribution in [1.82, 2.24) is 9.97 Å². The van der Waals surface area contributed by atoms with Gasteiger partial charge in [-0.2, -0.15) is 4.98 Å². The molecule has 0 aliphatic carbocycles. The van der Waals surface area contributed by atoms with Gasteiger partial charge in [-0.05, 0) is 44.9 Å². The monoisotopic (exact) mass is 257 g/mol. The summed E-state index contributed by atoms with van der Waals surface area (Å²) < 4.78 is 5.87. The molecule has 1 N–H and O–H groups in total. The maximum Gasteiger partial charge on any atom is 0.226 e. The van der Waals surface area contributed by atoms with E-state index >= 15 is 0 Å². The average molecular weight is 257 g/mol. The first kappa shape index (κ1) is 13.3. The van der Waals surface area contributed by atoms with Crippen LogP contribution in [0.2, 0.25) is 0 Å². The Labute approximate surface area is 113 Å². The van der Waals surface area contributed by atoms with Gasteiger partial charge in [-0.25, -0.2) is 4.98 Å². The predicted octanol–water partition coefficient (Wildman–Crippen LogP) is 3.63. The normalized spacial score (nSPS) is 10.3. The number of benzene rings is 1. The van der Waals surface area contributed by atoms with Gasteiger partial charge in [-0.1, -0.05) is 12.1 Å². The minimum Gasteiger partial charge on any atom is -0.439 e. The quantitative estimate of drug-likeness (QED) is 0.908. The van der Waals surface area contributed by atoms with E-state index in [1.807, 2.05) is 39.0 Å². The summed E-state index contributed by atoms with van der Waals surface area (Å²) >= 11 is 0. The molecule has 0 bridgehead atoms. The number of aromatic nitrogens is 2. The lowest BCUT2D eigenvalue weighted by atomic mass is 10.1. The lowest BCUT2D eigenvalue weighted by molar-refractivity contribution is 0.458. The molecule has 0 aliphatic heterocycles. The molecule has 2 rings (SSSR count). The van der Waals surface area contributed by atoms with Gasteiger partial charge < -0.3 is 10.1 Å². The van der Waals surface area contributed by atoms with Crippen molar-refractivity contribution < 1.29 is 4.74 Å². The molecular formula is C15H19N3O. The van der Waals surface area contributed by atoms with Crippen molar-refractivity contribution in [2.45, 2.75) is 27.7 Å². The number of nitrogens with one attached hydrogen (secondary N) is 1. The van der Waals surface area contributed by atoms with Gasteiger partial charge in [0.2, 0.25) is 11.8 Å². The van der Waals surface area contributed by atoms with Crippen LogP contribution in [-0.2, 0) is 0 Å². The highest BCUT2D eigenvalue weighted by Gasteiger charge is 2.07. The number of nitrogens with zero attached hydrogens (tertiary/aromatic N) is 2. The average Bonchev–Trinajstić information content (AvgIpc) is 2.35. The summed E-state index contributed by atoms with van der Waals surface area (Å²) in [5.74, 6) is 2.00. The van der Waals surface area contributed by atoms with Crippen molar-refractivity contribution in [3.8, 4) is 11.6 Å². The van der Waals surface area contributed by atoms with E-state index in [1.54, 1.807) is 0 Å². The van der Waals surface area contributed by atoms with E-state index in [4.69, 9.17) is 4.74 Å². The first-order valence-electron chi connectivity index (χ1n) is 6.43. The Balaban J connectivity index is 2.30. The Morgan fingerprint density at radius 2 is 1.95 bits per heavy atom. The molecule has 0 saturated carbocycles. The van der Waals surface area contributed by atoms with Gasteiger partial charge in [-0.15, -0.1) is 0 Å². The largest absolute Gasteiger partial charge is 0.439 e. The minimum atomic E-state index is 0.567. The van der Waals surface area contributed by atoms with E-state index in [9.17, 15) is 0 Å². The Kier molecular flexibility index (Phi) is 4.00. The van der Waals surface area contributed by atoms with E-state index in [-0.39, 0.29) is 0 Å². The molecular weight excluding hydrogens is 238 g/mol. The maximum absolute atomic E-state index is 5.87. The minimum absolute atomic E-state index is 0.567. The van der Waals surface area contributed by atoms with Crippen molar-refractivity contribution in [3.05, 3.63) is 41.1 Å². The number of rotatable bonds is 4. The maximum atomic E-state index is 5.87. The van der Waals surface area contributed by atoms with Crippen molar-refractivity contribution in [1.29, 1.82) is 0 Å². The molecule has 4 heteroatoms. The smallest absolute Gasteiger partial charge is 0.226 e. The molecule has 0 atom stereocenters. The van der Waals surface area contributed by atoms with Gasteiger partial charge in [-0.3, -0.25) is 0 Å². The van der Waals surface area contributed by atoms with Crippen LogP contribution in [0.5, 0.6) is 11.6 Å². The molecule has 0 radical (unpaired) electrons. The SMILES string of the molecule is CCNc1nc(C)cc(Oc2cccc(C)c2C)n1. The highest BCUT2D eigenvalue weighted by atomic mass is 16.5. The highest BCUT2D eigenvalue weighted by Crippen LogP contribution is 2.26. The number of hydrogen-bond donors (Lipinski definition) is 1. The summed E-state index contributed by atoms with van der Waals surface area (Å²) in [6, 6.07) is 7.84. The standard InChI is InChI=1S/C15H19N3O/c1-5-16-15-17-11(3)9-14(18-15)19-13-8-6-7-10(2)12(13)4/h6-9H,5H2,1-4H3,(H,16,17,18). The molecule has 4 nitrogen and oxygen atoms in total. The topological polar surface area (TPSA) is 47.0 Å². The van der Waals surface area contributed by atoms with Gasteiger partial charge in [0.25, 0.3) is 0 Å². The van der Waals surface area contributed by atoms with Crippen molar-refractivity contribution in [3.63, 3.8) is 0 Å². The molecule has 1 aromatic carbocycles. The molecule has 0 unspecified atom stereocenters. The van der Waals surface area contributed by atoms with Crippen LogP contribution in [-0.4, -0.2) is 16.5 Å². The van der Waals surface area contributed by atoms with E-state index in [2.05, 4.69) is 28.3 Å². The van der Waals surface area contributed by atoms with Crippen LogP contribution in [0.15, 0.2) is 24.3 Å². The number of ether oxygens (including phenoxy) is 1. The summed E-state index contributed by atoms with van der Waals surface area (Å²) in [6.07, 6.45) is 0. The van der Waals surface area contributed by atoms with E-state index < -0.39 is 0 Å². The van der Waals surface area contributed by atoms with Crippen LogP contribution in [0, 0.1) is 20.8 Å². The third-order valence-electron chi connectivity index (χ3n) is 2.94. The Hall–Kier alpha value is -2.10. The number of anilines is 1. The summed E-state index contributed by atoms with van der Waals surface area (Å²) in [7, 11) is 0. The third kappa shape index (κ3) is 3.22. The molecule has 100 valence electrons. The van der Waals surface area contributed by atoms with Crippen LogP contribution in [0.1, 0.15) is 23.7 Å². The second-order valence-electron chi connectivity index (χ2n) is 4.50. The zero-order valence-corrected chi connectivity index (χ0v) is 11.8. The first-order valence-corrected chi connectivity index (χ1v) is 6.43. The fourth-order valence-electron chi connectivity index (χ4n) is 1.78. The van der Waals surface area contributed by atoms with Crippen LogP contribution in [0.4, 0.5) is 5.95 Å². The Bertz CT molecular complexity index is 582. The predicted molar refractivity (Wildman–Crippen MR) is 76.9 cm³/mol. The van der Waals surface area contributed by atoms with Gasteiger partial charge in [0.05, 0.1) is 0 Å². The van der Waals surface area contributed by atoms with Gasteiger partial charge in [0, 0.05) is 18.3 Å². The van der Waals surface area contributed by atoms with Crippen LogP contribution < -0.4 is 10.1 Å². The molecule has 19 heavy (non-hydrogen) atoms. The third-order valence-corrected chi connectivity index (χ3v) is 2.94. The lowest BCUT2D eigenvalue weighted by Gasteiger charge is -2.11. The van der Waals surface area contributed by atoms with E-state index in [0.29, 0.717) is 11.8 Å². The second kappa shape index (κ2) is 5.69. The molecule has 0 amide bonds. The summed E-state index contributed by atoms with van der Waals surface area (Å²) in [4.78, 5) is 8.65. The van der Waals surface area contributed by atoms with Crippen molar-refractivity contribution in [2.75, 3.05) is 11.9 Å². The zero-order chi connectivity index (χ0) is 13.8.